The van der Waals surface area contributed by atoms with E-state index in [2.05, 4.69) is 6.08 Å². The Balaban J connectivity index is 2.00. The predicted octanol–water partition coefficient (Wildman–Crippen LogP) is 2.43. The summed E-state index contributed by atoms with van der Waals surface area (Å²) >= 11 is 0. The van der Waals surface area contributed by atoms with Gasteiger partial charge in [-0.05, 0) is 46.2 Å². The first-order valence-electron chi connectivity index (χ1n) is 8.32. The number of anilines is 3. The Morgan fingerprint density at radius 1 is 0.720 bits per heavy atom. The molecule has 3 aromatic carbocycles. The molecule has 0 saturated heterocycles. The van der Waals surface area contributed by atoms with Gasteiger partial charge in [-0.1, -0.05) is 6.08 Å². The molecule has 0 aromatic heterocycles. The number of nitrogens with two attached hydrogens (primary N) is 5. The van der Waals surface area contributed by atoms with Crippen LogP contribution in [0.15, 0.2) is 30.0 Å². The summed E-state index contributed by atoms with van der Waals surface area (Å²) in [6, 6.07) is 5.88. The molecule has 5 nitrogen and oxygen atoms in total. The third kappa shape index (κ3) is 1.22. The molecule has 3 aliphatic rings. The molecule has 2 unspecified atom stereocenters. The van der Waals surface area contributed by atoms with Crippen LogP contribution in [-0.4, -0.2) is 0 Å². The molecule has 3 aliphatic carbocycles. The summed E-state index contributed by atoms with van der Waals surface area (Å²) in [6.07, 6.45) is 4.04. The van der Waals surface area contributed by atoms with Gasteiger partial charge in [-0.2, -0.15) is 0 Å². The SMILES string of the molecule is NC1=CC2C(N)=Cc3c(N)cc4c(N)cc5c(N)cc1c1c5c4c3C12. The largest absolute Gasteiger partial charge is 0.402 e. The molecule has 2 atom stereocenters. The molecule has 3 aromatic rings. The van der Waals surface area contributed by atoms with Gasteiger partial charge in [0.1, 0.15) is 0 Å². The van der Waals surface area contributed by atoms with Gasteiger partial charge >= 0.3 is 0 Å². The zero-order chi connectivity index (χ0) is 17.2. The first kappa shape index (κ1) is 13.0. The Hall–Kier alpha value is -3.34. The average molecular weight is 327 g/mol. The van der Waals surface area contributed by atoms with Crippen LogP contribution in [0.5, 0.6) is 0 Å². The lowest BCUT2D eigenvalue weighted by Gasteiger charge is -2.34. The van der Waals surface area contributed by atoms with Crippen LogP contribution < -0.4 is 28.7 Å². The summed E-state index contributed by atoms with van der Waals surface area (Å²) in [4.78, 5) is 0. The minimum absolute atomic E-state index is 0.0467. The maximum atomic E-state index is 6.40. The highest BCUT2D eigenvalue weighted by atomic mass is 14.7. The van der Waals surface area contributed by atoms with E-state index in [-0.39, 0.29) is 11.8 Å². The van der Waals surface area contributed by atoms with Gasteiger partial charge in [0.25, 0.3) is 0 Å². The molecule has 0 radical (unpaired) electrons. The van der Waals surface area contributed by atoms with Crippen molar-refractivity contribution >= 4 is 50.4 Å². The van der Waals surface area contributed by atoms with Crippen molar-refractivity contribution < 1.29 is 0 Å². The van der Waals surface area contributed by atoms with Gasteiger partial charge in [0, 0.05) is 62.2 Å². The first-order chi connectivity index (χ1) is 12.0. The van der Waals surface area contributed by atoms with Crippen LogP contribution in [0.4, 0.5) is 17.1 Å². The topological polar surface area (TPSA) is 130 Å². The summed E-state index contributed by atoms with van der Waals surface area (Å²) in [7, 11) is 0. The van der Waals surface area contributed by atoms with Crippen LogP contribution >= 0.6 is 0 Å². The number of nitrogen functional groups attached to an aromatic ring is 3. The van der Waals surface area contributed by atoms with Crippen LogP contribution in [0.2, 0.25) is 0 Å². The third-order valence-electron chi connectivity index (χ3n) is 6.09. The second kappa shape index (κ2) is 3.67. The highest BCUT2D eigenvalue weighted by Crippen LogP contribution is 2.59. The average Bonchev–Trinajstić information content (AvgIpc) is 2.92. The lowest BCUT2D eigenvalue weighted by molar-refractivity contribution is 0.642. The van der Waals surface area contributed by atoms with Gasteiger partial charge in [0.05, 0.1) is 0 Å². The Labute approximate surface area is 143 Å². The van der Waals surface area contributed by atoms with E-state index < -0.39 is 0 Å². The van der Waals surface area contributed by atoms with Crippen molar-refractivity contribution in [2.24, 2.45) is 17.4 Å². The van der Waals surface area contributed by atoms with Gasteiger partial charge in [0.2, 0.25) is 0 Å². The van der Waals surface area contributed by atoms with Gasteiger partial charge in [-0.3, -0.25) is 0 Å². The number of hydrogen-bond acceptors (Lipinski definition) is 5. The molecule has 0 spiro atoms. The van der Waals surface area contributed by atoms with Crippen LogP contribution in [0, 0.1) is 5.92 Å². The van der Waals surface area contributed by atoms with E-state index in [0.717, 1.165) is 44.1 Å². The maximum Gasteiger partial charge on any atom is 0.0401 e. The van der Waals surface area contributed by atoms with Crippen LogP contribution in [0.25, 0.3) is 33.3 Å². The second-order valence-electron chi connectivity index (χ2n) is 7.30. The van der Waals surface area contributed by atoms with Crippen molar-refractivity contribution in [3.8, 4) is 0 Å². The van der Waals surface area contributed by atoms with Gasteiger partial charge in [-0.15, -0.1) is 0 Å². The zero-order valence-electron chi connectivity index (χ0n) is 13.4. The standard InChI is InChI=1S/C20H17N5/c21-11-1-6-12(22)3-8-14(24)5-10-15(25)4-9-13(23)2-7(11)17-16(6)18(8)20(10)19(9)17/h1-6,16H,21-25H2. The molecule has 0 saturated carbocycles. The summed E-state index contributed by atoms with van der Waals surface area (Å²) in [5.74, 6) is 0.179. The van der Waals surface area contributed by atoms with Crippen LogP contribution in [0.1, 0.15) is 28.2 Å². The summed E-state index contributed by atoms with van der Waals surface area (Å²) in [5, 5.41) is 4.28. The van der Waals surface area contributed by atoms with Crippen molar-refractivity contribution in [3.63, 3.8) is 0 Å². The fraction of sp³-hybridized carbons (Fsp3) is 0.100. The maximum absolute atomic E-state index is 6.40. The number of benzene rings is 3. The number of allylic oxidation sites excluding steroid dienone is 1. The molecule has 0 amide bonds. The number of hydrogen-bond donors (Lipinski definition) is 5. The molecule has 122 valence electrons. The third-order valence-corrected chi connectivity index (χ3v) is 6.09. The highest BCUT2D eigenvalue weighted by Gasteiger charge is 2.43. The monoisotopic (exact) mass is 327 g/mol. The quantitative estimate of drug-likeness (QED) is 0.320. The van der Waals surface area contributed by atoms with Gasteiger partial charge in [0.15, 0.2) is 0 Å². The van der Waals surface area contributed by atoms with E-state index in [1.54, 1.807) is 0 Å². The molecule has 6 rings (SSSR count). The predicted molar refractivity (Wildman–Crippen MR) is 104 cm³/mol. The van der Waals surface area contributed by atoms with Crippen LogP contribution in [0.3, 0.4) is 0 Å². The molecule has 0 bridgehead atoms. The highest BCUT2D eigenvalue weighted by molar-refractivity contribution is 6.23. The van der Waals surface area contributed by atoms with Crippen molar-refractivity contribution in [2.75, 3.05) is 17.2 Å². The lowest BCUT2D eigenvalue weighted by atomic mass is 9.71. The van der Waals surface area contributed by atoms with Crippen molar-refractivity contribution in [1.29, 1.82) is 0 Å². The molecule has 5 heteroatoms. The fourth-order valence-corrected chi connectivity index (χ4v) is 5.11. The van der Waals surface area contributed by atoms with E-state index in [1.807, 2.05) is 24.3 Å². The van der Waals surface area contributed by atoms with E-state index >= 15 is 0 Å². The van der Waals surface area contributed by atoms with Gasteiger partial charge in [-0.25, -0.2) is 0 Å². The molecule has 25 heavy (non-hydrogen) atoms. The lowest BCUT2D eigenvalue weighted by Crippen LogP contribution is -2.27. The summed E-state index contributed by atoms with van der Waals surface area (Å²) < 4.78 is 0. The fourth-order valence-electron chi connectivity index (χ4n) is 5.11. The summed E-state index contributed by atoms with van der Waals surface area (Å²) in [6.45, 7) is 0. The molecule has 0 heterocycles. The first-order valence-corrected chi connectivity index (χ1v) is 8.32. The Kier molecular flexibility index (Phi) is 1.91. The smallest absolute Gasteiger partial charge is 0.0401 e. The zero-order valence-corrected chi connectivity index (χ0v) is 13.4. The summed E-state index contributed by atoms with van der Waals surface area (Å²) in [5.41, 5.74) is 40.0. The minimum Gasteiger partial charge on any atom is -0.402 e. The Morgan fingerprint density at radius 3 is 2.12 bits per heavy atom. The van der Waals surface area contributed by atoms with Gasteiger partial charge < -0.3 is 28.7 Å². The number of rotatable bonds is 0. The Bertz CT molecular complexity index is 1250. The molecule has 10 N–H and O–H groups in total. The van der Waals surface area contributed by atoms with E-state index in [4.69, 9.17) is 28.7 Å². The van der Waals surface area contributed by atoms with E-state index in [9.17, 15) is 0 Å². The molecule has 0 fully saturated rings. The minimum atomic E-state index is 0.0467. The van der Waals surface area contributed by atoms with E-state index in [0.29, 0.717) is 17.1 Å². The van der Waals surface area contributed by atoms with Crippen molar-refractivity contribution in [3.05, 3.63) is 52.2 Å². The van der Waals surface area contributed by atoms with Crippen molar-refractivity contribution in [2.45, 2.75) is 5.92 Å². The second-order valence-corrected chi connectivity index (χ2v) is 7.30. The Morgan fingerprint density at radius 2 is 1.36 bits per heavy atom. The normalized spacial score (nSPS) is 22.1. The molecular weight excluding hydrogens is 310 g/mol. The molecule has 0 aliphatic heterocycles. The molecular formula is C20H17N5. The van der Waals surface area contributed by atoms with Crippen LogP contribution in [-0.2, 0) is 0 Å². The van der Waals surface area contributed by atoms with E-state index in [1.165, 1.54) is 11.1 Å². The van der Waals surface area contributed by atoms with Crippen molar-refractivity contribution in [1.82, 2.24) is 0 Å².